The van der Waals surface area contributed by atoms with Crippen molar-refractivity contribution in [2.24, 2.45) is 0 Å². The first kappa shape index (κ1) is 13.3. The smallest absolute Gasteiger partial charge is 0.258 e. The minimum Gasteiger partial charge on any atom is -0.258 e. The fourth-order valence-electron chi connectivity index (χ4n) is 2.09. The molecule has 0 N–H and O–H groups in total. The van der Waals surface area contributed by atoms with Crippen molar-refractivity contribution in [3.05, 3.63) is 73.8 Å². The van der Waals surface area contributed by atoms with Crippen molar-refractivity contribution in [1.82, 2.24) is 14.2 Å². The van der Waals surface area contributed by atoms with Gasteiger partial charge in [0.15, 0.2) is 5.65 Å². The Morgan fingerprint density at radius 2 is 2.10 bits per heavy atom. The monoisotopic (exact) mass is 304 g/mol. The summed E-state index contributed by atoms with van der Waals surface area (Å²) in [6.45, 7) is -0.0165. The summed E-state index contributed by atoms with van der Waals surface area (Å²) < 4.78 is 2.55. The maximum Gasteiger partial charge on any atom is 0.350 e. The van der Waals surface area contributed by atoms with Crippen LogP contribution in [0.3, 0.4) is 0 Å². The van der Waals surface area contributed by atoms with E-state index in [-0.39, 0.29) is 17.9 Å². The van der Waals surface area contributed by atoms with Gasteiger partial charge in [0.25, 0.3) is 5.69 Å². The highest BCUT2D eigenvalue weighted by Gasteiger charge is 2.16. The highest BCUT2D eigenvalue weighted by Crippen LogP contribution is 2.23. The van der Waals surface area contributed by atoms with Crippen LogP contribution in [0, 0.1) is 10.1 Å². The zero-order chi connectivity index (χ0) is 15.0. The lowest BCUT2D eigenvalue weighted by molar-refractivity contribution is -0.385. The summed E-state index contributed by atoms with van der Waals surface area (Å²) in [5.41, 5.74) is 0.355. The third-order valence-corrected chi connectivity index (χ3v) is 3.28. The van der Waals surface area contributed by atoms with Gasteiger partial charge >= 0.3 is 5.69 Å². The number of nitro groups is 1. The van der Waals surface area contributed by atoms with Gasteiger partial charge in [-0.05, 0) is 24.3 Å². The summed E-state index contributed by atoms with van der Waals surface area (Å²) in [6.07, 6.45) is 1.59. The Kier molecular flexibility index (Phi) is 3.19. The molecule has 0 atom stereocenters. The van der Waals surface area contributed by atoms with Gasteiger partial charge in [0, 0.05) is 17.3 Å². The highest BCUT2D eigenvalue weighted by molar-refractivity contribution is 6.30. The molecule has 0 fully saturated rings. The quantitative estimate of drug-likeness (QED) is 0.548. The number of benzene rings is 1. The van der Waals surface area contributed by atoms with Crippen LogP contribution in [-0.2, 0) is 6.54 Å². The van der Waals surface area contributed by atoms with Gasteiger partial charge in [-0.1, -0.05) is 17.7 Å². The number of nitrogens with zero attached hydrogens (tertiary/aromatic N) is 4. The number of nitro benzene ring substituents is 1. The molecule has 0 aliphatic carbocycles. The summed E-state index contributed by atoms with van der Waals surface area (Å²) in [6, 6.07) is 9.38. The molecule has 3 rings (SSSR count). The van der Waals surface area contributed by atoms with Gasteiger partial charge in [-0.25, -0.2) is 9.48 Å². The molecule has 0 aliphatic heterocycles. The molecular weight excluding hydrogens is 296 g/mol. The highest BCUT2D eigenvalue weighted by atomic mass is 35.5. The van der Waals surface area contributed by atoms with Gasteiger partial charge in [0.05, 0.1) is 17.0 Å². The molecule has 1 aromatic carbocycles. The zero-order valence-electron chi connectivity index (χ0n) is 10.6. The van der Waals surface area contributed by atoms with E-state index in [4.69, 9.17) is 11.6 Å². The molecule has 7 nitrogen and oxygen atoms in total. The van der Waals surface area contributed by atoms with Crippen LogP contribution in [-0.4, -0.2) is 19.1 Å². The molecule has 8 heteroatoms. The van der Waals surface area contributed by atoms with E-state index < -0.39 is 4.92 Å². The van der Waals surface area contributed by atoms with E-state index in [1.54, 1.807) is 24.4 Å². The van der Waals surface area contributed by atoms with E-state index in [9.17, 15) is 14.9 Å². The minimum absolute atomic E-state index is 0.0165. The number of halogens is 1. The van der Waals surface area contributed by atoms with Crippen LogP contribution < -0.4 is 5.69 Å². The Bertz CT molecular complexity index is 900. The Labute approximate surface area is 123 Å². The Balaban J connectivity index is 2.10. The molecule has 2 heterocycles. The van der Waals surface area contributed by atoms with Gasteiger partial charge in [0.2, 0.25) is 0 Å². The number of hydrogen-bond acceptors (Lipinski definition) is 4. The van der Waals surface area contributed by atoms with Gasteiger partial charge in [0.1, 0.15) is 0 Å². The first-order valence-corrected chi connectivity index (χ1v) is 6.41. The summed E-state index contributed by atoms with van der Waals surface area (Å²) >= 11 is 5.87. The van der Waals surface area contributed by atoms with E-state index in [1.807, 2.05) is 0 Å². The number of hydrogen-bond donors (Lipinski definition) is 0. The van der Waals surface area contributed by atoms with Crippen molar-refractivity contribution in [2.75, 3.05) is 0 Å². The average molecular weight is 305 g/mol. The van der Waals surface area contributed by atoms with E-state index in [2.05, 4.69) is 5.10 Å². The van der Waals surface area contributed by atoms with Crippen LogP contribution in [0.25, 0.3) is 5.65 Å². The van der Waals surface area contributed by atoms with E-state index in [0.29, 0.717) is 16.2 Å². The molecule has 0 bridgehead atoms. The summed E-state index contributed by atoms with van der Waals surface area (Å²) in [7, 11) is 0. The van der Waals surface area contributed by atoms with Crippen molar-refractivity contribution in [1.29, 1.82) is 0 Å². The maximum absolute atomic E-state index is 12.2. The molecular formula is C13H9ClN4O3. The molecule has 0 spiro atoms. The standard InChI is InChI=1S/C13H9ClN4O3/c14-10-4-5-11(18(20)21)9(7-10)8-17-13(19)16-6-2-1-3-12(16)15-17/h1-7H,8H2. The first-order valence-electron chi connectivity index (χ1n) is 6.03. The summed E-state index contributed by atoms with van der Waals surface area (Å²) in [5, 5.41) is 15.5. The first-order chi connectivity index (χ1) is 10.1. The molecule has 0 saturated carbocycles. The van der Waals surface area contributed by atoms with E-state index in [0.717, 1.165) is 0 Å². The van der Waals surface area contributed by atoms with Crippen molar-refractivity contribution < 1.29 is 4.92 Å². The predicted molar refractivity (Wildman–Crippen MR) is 76.7 cm³/mol. The van der Waals surface area contributed by atoms with Gasteiger partial charge < -0.3 is 0 Å². The second-order valence-corrected chi connectivity index (χ2v) is 4.84. The van der Waals surface area contributed by atoms with Crippen LogP contribution in [0.2, 0.25) is 5.02 Å². The molecule has 0 saturated heterocycles. The van der Waals surface area contributed by atoms with Crippen molar-refractivity contribution in [2.45, 2.75) is 6.54 Å². The normalized spacial score (nSPS) is 10.9. The third-order valence-electron chi connectivity index (χ3n) is 3.05. The van der Waals surface area contributed by atoms with Crippen molar-refractivity contribution in [3.63, 3.8) is 0 Å². The molecule has 21 heavy (non-hydrogen) atoms. The second-order valence-electron chi connectivity index (χ2n) is 4.40. The van der Waals surface area contributed by atoms with E-state index in [1.165, 1.54) is 27.3 Å². The number of aromatic nitrogens is 3. The number of pyridine rings is 1. The van der Waals surface area contributed by atoms with Gasteiger partial charge in [-0.15, -0.1) is 5.10 Å². The average Bonchev–Trinajstić information content (AvgIpc) is 2.76. The lowest BCUT2D eigenvalue weighted by Crippen LogP contribution is -2.22. The zero-order valence-corrected chi connectivity index (χ0v) is 11.4. The van der Waals surface area contributed by atoms with Crippen LogP contribution in [0.1, 0.15) is 5.56 Å². The van der Waals surface area contributed by atoms with Crippen molar-refractivity contribution in [3.8, 4) is 0 Å². The van der Waals surface area contributed by atoms with Crippen LogP contribution in [0.15, 0.2) is 47.4 Å². The Morgan fingerprint density at radius 3 is 2.81 bits per heavy atom. The summed E-state index contributed by atoms with van der Waals surface area (Å²) in [4.78, 5) is 22.7. The third kappa shape index (κ3) is 2.38. The number of fused-ring (bicyclic) bond motifs is 1. The predicted octanol–water partition coefficient (Wildman–Crippen LogP) is 2.11. The lowest BCUT2D eigenvalue weighted by Gasteiger charge is -2.02. The molecule has 3 aromatic rings. The van der Waals surface area contributed by atoms with Crippen molar-refractivity contribution >= 4 is 22.9 Å². The second kappa shape index (κ2) is 5.02. The van der Waals surface area contributed by atoms with Gasteiger partial charge in [-0.3, -0.25) is 14.5 Å². The molecule has 106 valence electrons. The summed E-state index contributed by atoms with van der Waals surface area (Å²) in [5.74, 6) is 0. The lowest BCUT2D eigenvalue weighted by atomic mass is 10.2. The fourth-order valence-corrected chi connectivity index (χ4v) is 2.29. The molecule has 0 aliphatic rings. The van der Waals surface area contributed by atoms with E-state index >= 15 is 0 Å². The van der Waals surface area contributed by atoms with Crippen LogP contribution in [0.4, 0.5) is 5.69 Å². The Hall–Kier alpha value is -2.67. The SMILES string of the molecule is O=c1n(Cc2cc(Cl)ccc2[N+](=O)[O-])nc2ccccn12. The Morgan fingerprint density at radius 1 is 1.29 bits per heavy atom. The maximum atomic E-state index is 12.2. The van der Waals surface area contributed by atoms with Crippen LogP contribution >= 0.6 is 11.6 Å². The largest absolute Gasteiger partial charge is 0.350 e. The molecule has 0 unspecified atom stereocenters. The van der Waals surface area contributed by atoms with Crippen LogP contribution in [0.5, 0.6) is 0 Å². The molecule has 2 aromatic heterocycles. The fraction of sp³-hybridized carbons (Fsp3) is 0.0769. The van der Waals surface area contributed by atoms with Gasteiger partial charge in [-0.2, -0.15) is 0 Å². The minimum atomic E-state index is -0.507. The topological polar surface area (TPSA) is 82.4 Å². The molecule has 0 amide bonds. The molecule has 0 radical (unpaired) electrons. The number of rotatable bonds is 3.